The quantitative estimate of drug-likeness (QED) is 0.825. The van der Waals surface area contributed by atoms with Crippen molar-refractivity contribution in [3.05, 3.63) is 0 Å². The van der Waals surface area contributed by atoms with Gasteiger partial charge in [-0.25, -0.2) is 0 Å². The molecule has 0 amide bonds. The summed E-state index contributed by atoms with van der Waals surface area (Å²) in [5, 5.41) is 0. The van der Waals surface area contributed by atoms with E-state index in [0.717, 1.165) is 39.1 Å². The van der Waals surface area contributed by atoms with Gasteiger partial charge in [0.1, 0.15) is 0 Å². The Labute approximate surface area is 111 Å². The van der Waals surface area contributed by atoms with Crippen LogP contribution in [0.3, 0.4) is 0 Å². The number of morpholine rings is 1. The van der Waals surface area contributed by atoms with Gasteiger partial charge in [0.05, 0.1) is 18.8 Å². The van der Waals surface area contributed by atoms with Crippen LogP contribution in [0.1, 0.15) is 33.6 Å². The molecule has 0 radical (unpaired) electrons. The van der Waals surface area contributed by atoms with Gasteiger partial charge in [0, 0.05) is 31.8 Å². The van der Waals surface area contributed by atoms with Gasteiger partial charge in [-0.1, -0.05) is 13.8 Å². The van der Waals surface area contributed by atoms with E-state index in [2.05, 4.69) is 18.7 Å². The zero-order valence-corrected chi connectivity index (χ0v) is 12.0. The standard InChI is InChI=1S/C14H28N2O2/c1-10(2)13-8-12(4-6-17-13)16-5-7-18-14(9-16)11(3)15/h10-14H,4-9,15H2,1-3H3. The van der Waals surface area contributed by atoms with E-state index in [9.17, 15) is 0 Å². The van der Waals surface area contributed by atoms with Crippen molar-refractivity contribution in [1.29, 1.82) is 0 Å². The van der Waals surface area contributed by atoms with Crippen LogP contribution in [0.2, 0.25) is 0 Å². The Bertz CT molecular complexity index is 232. The lowest BCUT2D eigenvalue weighted by Gasteiger charge is -2.43. The van der Waals surface area contributed by atoms with Gasteiger partial charge in [-0.05, 0) is 25.7 Å². The summed E-state index contributed by atoms with van der Waals surface area (Å²) in [5.41, 5.74) is 5.96. The Hall–Kier alpha value is -0.160. The lowest BCUT2D eigenvalue weighted by Crippen LogP contribution is -2.54. The van der Waals surface area contributed by atoms with E-state index in [1.54, 1.807) is 0 Å². The Morgan fingerprint density at radius 3 is 2.50 bits per heavy atom. The van der Waals surface area contributed by atoms with Crippen LogP contribution in [0, 0.1) is 5.92 Å². The molecule has 4 unspecified atom stereocenters. The minimum absolute atomic E-state index is 0.119. The number of nitrogens with zero attached hydrogens (tertiary/aromatic N) is 1. The molecule has 4 atom stereocenters. The second kappa shape index (κ2) is 6.33. The van der Waals surface area contributed by atoms with Crippen LogP contribution in [0.25, 0.3) is 0 Å². The highest BCUT2D eigenvalue weighted by atomic mass is 16.5. The molecule has 2 aliphatic heterocycles. The van der Waals surface area contributed by atoms with E-state index >= 15 is 0 Å². The number of ether oxygens (including phenoxy) is 2. The highest BCUT2D eigenvalue weighted by Crippen LogP contribution is 2.25. The molecule has 0 aromatic heterocycles. The predicted molar refractivity (Wildman–Crippen MR) is 72.6 cm³/mol. The van der Waals surface area contributed by atoms with Gasteiger partial charge < -0.3 is 15.2 Å². The molecule has 4 nitrogen and oxygen atoms in total. The fourth-order valence-electron chi connectivity index (χ4n) is 2.95. The molecule has 0 aromatic carbocycles. The third-order valence-corrected chi connectivity index (χ3v) is 4.26. The predicted octanol–water partition coefficient (Wildman–Crippen LogP) is 1.24. The Balaban J connectivity index is 1.90. The lowest BCUT2D eigenvalue weighted by atomic mass is 9.93. The van der Waals surface area contributed by atoms with E-state index < -0.39 is 0 Å². The smallest absolute Gasteiger partial charge is 0.0850 e. The third-order valence-electron chi connectivity index (χ3n) is 4.26. The van der Waals surface area contributed by atoms with Gasteiger partial charge in [-0.2, -0.15) is 0 Å². The third kappa shape index (κ3) is 3.44. The normalized spacial score (nSPS) is 36.8. The zero-order chi connectivity index (χ0) is 13.1. The zero-order valence-electron chi connectivity index (χ0n) is 12.0. The van der Waals surface area contributed by atoms with Gasteiger partial charge in [0.25, 0.3) is 0 Å². The molecule has 2 heterocycles. The summed E-state index contributed by atoms with van der Waals surface area (Å²) in [4.78, 5) is 2.56. The minimum Gasteiger partial charge on any atom is -0.378 e. The summed E-state index contributed by atoms with van der Waals surface area (Å²) < 4.78 is 11.6. The van der Waals surface area contributed by atoms with Crippen molar-refractivity contribution in [2.75, 3.05) is 26.3 Å². The molecule has 2 saturated heterocycles. The lowest BCUT2D eigenvalue weighted by molar-refractivity contribution is -0.0910. The minimum atomic E-state index is 0.119. The molecule has 0 saturated carbocycles. The van der Waals surface area contributed by atoms with Gasteiger partial charge in [-0.3, -0.25) is 4.90 Å². The van der Waals surface area contributed by atoms with E-state index in [1.165, 1.54) is 0 Å². The molecule has 2 N–H and O–H groups in total. The molecule has 0 spiro atoms. The van der Waals surface area contributed by atoms with E-state index in [1.807, 2.05) is 6.92 Å². The first-order valence-corrected chi connectivity index (χ1v) is 7.30. The molecule has 4 heteroatoms. The van der Waals surface area contributed by atoms with Crippen molar-refractivity contribution in [2.24, 2.45) is 11.7 Å². The number of nitrogens with two attached hydrogens (primary N) is 1. The number of hydrogen-bond donors (Lipinski definition) is 1. The molecule has 106 valence electrons. The summed E-state index contributed by atoms with van der Waals surface area (Å²) in [6.45, 7) is 10.3. The molecule has 0 aliphatic carbocycles. The van der Waals surface area contributed by atoms with Crippen LogP contribution in [0.4, 0.5) is 0 Å². The van der Waals surface area contributed by atoms with Crippen LogP contribution < -0.4 is 5.73 Å². The molecule has 2 aliphatic rings. The topological polar surface area (TPSA) is 47.7 Å². The molecule has 2 fully saturated rings. The average Bonchev–Trinajstić information content (AvgIpc) is 2.39. The van der Waals surface area contributed by atoms with Crippen LogP contribution in [0.15, 0.2) is 0 Å². The summed E-state index contributed by atoms with van der Waals surface area (Å²) in [6.07, 6.45) is 2.91. The Morgan fingerprint density at radius 1 is 1.11 bits per heavy atom. The van der Waals surface area contributed by atoms with E-state index in [4.69, 9.17) is 15.2 Å². The highest BCUT2D eigenvalue weighted by Gasteiger charge is 2.32. The molecule has 0 bridgehead atoms. The molecular formula is C14H28N2O2. The van der Waals surface area contributed by atoms with Crippen molar-refractivity contribution in [3.8, 4) is 0 Å². The van der Waals surface area contributed by atoms with Crippen molar-refractivity contribution < 1.29 is 9.47 Å². The van der Waals surface area contributed by atoms with E-state index in [0.29, 0.717) is 18.1 Å². The molecule has 0 aromatic rings. The van der Waals surface area contributed by atoms with Gasteiger partial charge >= 0.3 is 0 Å². The van der Waals surface area contributed by atoms with Crippen molar-refractivity contribution in [2.45, 2.75) is 57.9 Å². The second-order valence-corrected chi connectivity index (χ2v) is 6.09. The van der Waals surface area contributed by atoms with Crippen LogP contribution in [-0.2, 0) is 9.47 Å². The first kappa shape index (κ1) is 14.3. The fraction of sp³-hybridized carbons (Fsp3) is 1.00. The largest absolute Gasteiger partial charge is 0.378 e. The molecular weight excluding hydrogens is 228 g/mol. The van der Waals surface area contributed by atoms with Crippen molar-refractivity contribution in [3.63, 3.8) is 0 Å². The highest BCUT2D eigenvalue weighted by molar-refractivity contribution is 4.86. The Morgan fingerprint density at radius 2 is 1.83 bits per heavy atom. The van der Waals surface area contributed by atoms with Crippen molar-refractivity contribution >= 4 is 0 Å². The number of hydrogen-bond acceptors (Lipinski definition) is 4. The van der Waals surface area contributed by atoms with Crippen LogP contribution in [0.5, 0.6) is 0 Å². The molecule has 2 rings (SSSR count). The maximum Gasteiger partial charge on any atom is 0.0850 e. The maximum absolute atomic E-state index is 5.96. The Kier molecular flexibility index (Phi) is 5.01. The van der Waals surface area contributed by atoms with E-state index in [-0.39, 0.29) is 12.1 Å². The number of rotatable bonds is 3. The van der Waals surface area contributed by atoms with Crippen molar-refractivity contribution in [1.82, 2.24) is 4.90 Å². The monoisotopic (exact) mass is 256 g/mol. The summed E-state index contributed by atoms with van der Waals surface area (Å²) >= 11 is 0. The first-order valence-electron chi connectivity index (χ1n) is 7.30. The SMILES string of the molecule is CC(C)C1CC(N2CCOC(C(C)N)C2)CCO1. The van der Waals surface area contributed by atoms with Crippen LogP contribution >= 0.6 is 0 Å². The first-order chi connectivity index (χ1) is 8.58. The summed E-state index contributed by atoms with van der Waals surface area (Å²) in [6, 6.07) is 0.768. The maximum atomic E-state index is 5.96. The average molecular weight is 256 g/mol. The molecule has 18 heavy (non-hydrogen) atoms. The summed E-state index contributed by atoms with van der Waals surface area (Å²) in [5.74, 6) is 0.609. The summed E-state index contributed by atoms with van der Waals surface area (Å²) in [7, 11) is 0. The van der Waals surface area contributed by atoms with Gasteiger partial charge in [0.2, 0.25) is 0 Å². The second-order valence-electron chi connectivity index (χ2n) is 6.09. The van der Waals surface area contributed by atoms with Crippen LogP contribution in [-0.4, -0.2) is 55.5 Å². The fourth-order valence-corrected chi connectivity index (χ4v) is 2.95. The van der Waals surface area contributed by atoms with Gasteiger partial charge in [-0.15, -0.1) is 0 Å². The van der Waals surface area contributed by atoms with Gasteiger partial charge in [0.15, 0.2) is 0 Å².